The molecule has 2 heterocycles. The first-order valence-electron chi connectivity index (χ1n) is 10.3. The summed E-state index contributed by atoms with van der Waals surface area (Å²) in [4.78, 5) is 41.5. The van der Waals surface area contributed by atoms with Crippen molar-refractivity contribution >= 4 is 40.9 Å². The molecule has 0 saturated carbocycles. The summed E-state index contributed by atoms with van der Waals surface area (Å²) in [7, 11) is 1.24. The maximum absolute atomic E-state index is 13.2. The number of nitrogens with one attached hydrogen (secondary N) is 1. The minimum absolute atomic E-state index is 0.0432. The molecule has 4 aromatic rings. The molecule has 35 heavy (non-hydrogen) atoms. The lowest BCUT2D eigenvalue weighted by molar-refractivity contribution is -0.140. The van der Waals surface area contributed by atoms with Crippen molar-refractivity contribution in [1.82, 2.24) is 22.9 Å². The Morgan fingerprint density at radius 1 is 1.09 bits per heavy atom. The molecule has 0 aliphatic heterocycles. The van der Waals surface area contributed by atoms with Crippen molar-refractivity contribution in [2.24, 2.45) is 0 Å². The maximum Gasteiger partial charge on any atom is 0.354 e. The van der Waals surface area contributed by atoms with E-state index in [0.29, 0.717) is 22.3 Å². The number of methoxy groups -OCH3 is 1. The topological polar surface area (TPSA) is 130 Å². The molecule has 0 aliphatic carbocycles. The molecule has 0 aliphatic rings. The molecule has 0 unspecified atom stereocenters. The molecular formula is C22H19ClN6O5S. The van der Waals surface area contributed by atoms with E-state index in [0.717, 1.165) is 21.9 Å². The number of halogens is 1. The lowest BCUT2D eigenvalue weighted by Gasteiger charge is -2.16. The van der Waals surface area contributed by atoms with Gasteiger partial charge in [0.25, 0.3) is 5.88 Å². The smallest absolute Gasteiger partial charge is 0.354 e. The first-order chi connectivity index (χ1) is 16.9. The zero-order valence-corrected chi connectivity index (χ0v) is 20.0. The molecule has 11 nitrogen and oxygen atoms in total. The summed E-state index contributed by atoms with van der Waals surface area (Å²) in [6.45, 7) is -0.0440. The molecule has 0 atom stereocenters. The molecule has 2 aromatic carbocycles. The molecule has 13 heteroatoms. The number of hydrogen-bond acceptors (Lipinski definition) is 10. The van der Waals surface area contributed by atoms with Gasteiger partial charge in [0.1, 0.15) is 11.9 Å². The van der Waals surface area contributed by atoms with Gasteiger partial charge in [-0.3, -0.25) is 9.36 Å². The van der Waals surface area contributed by atoms with Gasteiger partial charge in [-0.15, -0.1) is 4.37 Å². The Morgan fingerprint density at radius 2 is 1.83 bits per heavy atom. The summed E-state index contributed by atoms with van der Waals surface area (Å²) < 4.78 is 20.3. The third-order valence-corrected chi connectivity index (χ3v) is 5.56. The quantitative estimate of drug-likeness (QED) is 0.335. The number of benzene rings is 2. The van der Waals surface area contributed by atoms with Crippen LogP contribution in [-0.4, -0.2) is 35.9 Å². The average Bonchev–Trinajstić information content (AvgIpc) is 3.36. The number of ether oxygens (including phenoxy) is 2. The number of carbonyl (C=O) groups is 1. The molecule has 0 spiro atoms. The van der Waals surface area contributed by atoms with Crippen molar-refractivity contribution in [3.8, 4) is 11.6 Å². The number of esters is 1. The van der Waals surface area contributed by atoms with Crippen molar-refractivity contribution < 1.29 is 14.3 Å². The number of rotatable bonds is 9. The van der Waals surface area contributed by atoms with Crippen LogP contribution >= 0.6 is 23.3 Å². The van der Waals surface area contributed by atoms with Crippen molar-refractivity contribution in [3.63, 3.8) is 0 Å². The standard InChI is InChI=1S/C22H19ClN6O5S/c1-33-19(30)10-11-28-21(31)26-20(29(22(28)32)13-14-2-4-15(23)5-3-14)25-16-6-8-17(9-7-16)34-18-12-24-35-27-18/h2-9,12H,10-11,13H2,1H3,(H,25,26,31). The van der Waals surface area contributed by atoms with Crippen LogP contribution in [0.15, 0.2) is 64.3 Å². The van der Waals surface area contributed by atoms with E-state index in [1.807, 2.05) is 0 Å². The van der Waals surface area contributed by atoms with E-state index < -0.39 is 17.3 Å². The second-order valence-electron chi connectivity index (χ2n) is 7.19. The Balaban J connectivity index is 1.65. The van der Waals surface area contributed by atoms with E-state index in [4.69, 9.17) is 16.3 Å². The van der Waals surface area contributed by atoms with Crippen molar-refractivity contribution in [3.05, 3.63) is 86.3 Å². The number of nitrogens with zero attached hydrogens (tertiary/aromatic N) is 5. The van der Waals surface area contributed by atoms with Crippen LogP contribution in [0.2, 0.25) is 5.02 Å². The van der Waals surface area contributed by atoms with Gasteiger partial charge in [0.2, 0.25) is 5.95 Å². The highest BCUT2D eigenvalue weighted by atomic mass is 35.5. The second kappa shape index (κ2) is 10.9. The second-order valence-corrected chi connectivity index (χ2v) is 8.18. The third kappa shape index (κ3) is 6.11. The fraction of sp³-hybridized carbons (Fsp3) is 0.182. The molecule has 4 rings (SSSR count). The Hall–Kier alpha value is -4.03. The number of aromatic nitrogens is 5. The van der Waals surface area contributed by atoms with Crippen LogP contribution in [0.25, 0.3) is 0 Å². The molecule has 1 N–H and O–H groups in total. The van der Waals surface area contributed by atoms with Gasteiger partial charge in [-0.25, -0.2) is 14.2 Å². The predicted molar refractivity (Wildman–Crippen MR) is 130 cm³/mol. The lowest BCUT2D eigenvalue weighted by atomic mass is 10.2. The first kappa shape index (κ1) is 24.1. The maximum atomic E-state index is 13.2. The minimum atomic E-state index is -0.787. The molecular weight excluding hydrogens is 496 g/mol. The van der Waals surface area contributed by atoms with Crippen molar-refractivity contribution in [1.29, 1.82) is 0 Å². The van der Waals surface area contributed by atoms with Crippen LogP contribution in [0.1, 0.15) is 12.0 Å². The number of hydrogen-bond donors (Lipinski definition) is 1. The van der Waals surface area contributed by atoms with E-state index >= 15 is 0 Å². The number of anilines is 2. The Bertz CT molecular complexity index is 1420. The molecule has 180 valence electrons. The summed E-state index contributed by atoms with van der Waals surface area (Å²) in [5.74, 6) is 0.415. The summed E-state index contributed by atoms with van der Waals surface area (Å²) in [6.07, 6.45) is 1.36. The summed E-state index contributed by atoms with van der Waals surface area (Å²) in [6, 6.07) is 13.7. The van der Waals surface area contributed by atoms with Crippen molar-refractivity contribution in [2.75, 3.05) is 12.4 Å². The van der Waals surface area contributed by atoms with Crippen LogP contribution in [0.5, 0.6) is 11.6 Å². The van der Waals surface area contributed by atoms with E-state index in [1.165, 1.54) is 17.9 Å². The molecule has 0 radical (unpaired) electrons. The van der Waals surface area contributed by atoms with Gasteiger partial charge in [-0.1, -0.05) is 23.7 Å². The molecule has 0 bridgehead atoms. The third-order valence-electron chi connectivity index (χ3n) is 4.85. The van der Waals surface area contributed by atoms with Crippen LogP contribution in [-0.2, 0) is 22.6 Å². The monoisotopic (exact) mass is 514 g/mol. The fourth-order valence-corrected chi connectivity index (χ4v) is 3.57. The highest BCUT2D eigenvalue weighted by Gasteiger charge is 2.15. The zero-order valence-electron chi connectivity index (χ0n) is 18.4. The van der Waals surface area contributed by atoms with Gasteiger partial charge in [0.15, 0.2) is 0 Å². The Morgan fingerprint density at radius 3 is 2.49 bits per heavy atom. The molecule has 2 aromatic heterocycles. The van der Waals surface area contributed by atoms with Crippen LogP contribution in [0.4, 0.5) is 11.6 Å². The normalized spacial score (nSPS) is 10.7. The van der Waals surface area contributed by atoms with E-state index in [9.17, 15) is 14.4 Å². The zero-order chi connectivity index (χ0) is 24.8. The van der Waals surface area contributed by atoms with Gasteiger partial charge in [-0.05, 0) is 42.0 Å². The molecule has 0 saturated heterocycles. The highest BCUT2D eigenvalue weighted by molar-refractivity contribution is 6.99. The Kier molecular flexibility index (Phi) is 7.53. The van der Waals surface area contributed by atoms with Crippen LogP contribution in [0, 0.1) is 0 Å². The summed E-state index contributed by atoms with van der Waals surface area (Å²) in [5, 5.41) is 3.57. The highest BCUT2D eigenvalue weighted by Crippen LogP contribution is 2.23. The first-order valence-corrected chi connectivity index (χ1v) is 11.4. The van der Waals surface area contributed by atoms with Crippen molar-refractivity contribution in [2.45, 2.75) is 19.5 Å². The lowest BCUT2D eigenvalue weighted by Crippen LogP contribution is -2.43. The van der Waals surface area contributed by atoms with Crippen LogP contribution < -0.4 is 21.4 Å². The van der Waals surface area contributed by atoms with Gasteiger partial charge < -0.3 is 14.8 Å². The predicted octanol–water partition coefficient (Wildman–Crippen LogP) is 3.06. The van der Waals surface area contributed by atoms with E-state index in [1.54, 1.807) is 48.5 Å². The van der Waals surface area contributed by atoms with Crippen LogP contribution in [0.3, 0.4) is 0 Å². The summed E-state index contributed by atoms with van der Waals surface area (Å²) in [5.41, 5.74) is -0.0792. The summed E-state index contributed by atoms with van der Waals surface area (Å²) >= 11 is 7.01. The van der Waals surface area contributed by atoms with Gasteiger partial charge >= 0.3 is 17.3 Å². The minimum Gasteiger partial charge on any atom is -0.469 e. The largest absolute Gasteiger partial charge is 0.469 e. The molecule has 0 fully saturated rings. The number of carbonyl (C=O) groups excluding carboxylic acids is 1. The van der Waals surface area contributed by atoms with Gasteiger partial charge in [0, 0.05) is 17.3 Å². The van der Waals surface area contributed by atoms with Gasteiger partial charge in [0.05, 0.1) is 31.8 Å². The average molecular weight is 515 g/mol. The molecule has 0 amide bonds. The van der Waals surface area contributed by atoms with E-state index in [2.05, 4.69) is 23.8 Å². The Labute approximate surface area is 207 Å². The fourth-order valence-electron chi connectivity index (χ4n) is 3.09. The van der Waals surface area contributed by atoms with E-state index in [-0.39, 0.29) is 25.5 Å². The SMILES string of the molecule is COC(=O)CCn1c(=O)nc(Nc2ccc(Oc3cnsn3)cc2)n(Cc2ccc(Cl)cc2)c1=O. The van der Waals surface area contributed by atoms with Gasteiger partial charge in [-0.2, -0.15) is 9.36 Å².